The Bertz CT molecular complexity index is 643. The third kappa shape index (κ3) is 4.54. The number of halogens is 2. The zero-order valence-electron chi connectivity index (χ0n) is 11.5. The number of benzene rings is 1. The predicted octanol–water partition coefficient (Wildman–Crippen LogP) is 2.10. The van der Waals surface area contributed by atoms with Crippen molar-refractivity contribution in [2.45, 2.75) is 18.9 Å². The van der Waals surface area contributed by atoms with E-state index in [9.17, 15) is 13.2 Å². The second-order valence-corrected chi connectivity index (χ2v) is 8.59. The summed E-state index contributed by atoms with van der Waals surface area (Å²) in [4.78, 5) is 12.2. The van der Waals surface area contributed by atoms with Crippen LogP contribution in [0.2, 0.25) is 5.02 Å². The first-order valence-electron chi connectivity index (χ1n) is 6.48. The largest absolute Gasteiger partial charge is 0.349 e. The van der Waals surface area contributed by atoms with Crippen molar-refractivity contribution in [3.63, 3.8) is 0 Å². The van der Waals surface area contributed by atoms with Crippen LogP contribution < -0.4 is 5.32 Å². The molecule has 5 nitrogen and oxygen atoms in total. The Morgan fingerprint density at radius 1 is 1.38 bits per heavy atom. The molecule has 2 rings (SSSR count). The minimum atomic E-state index is -3.14. The molecule has 0 atom stereocenters. The van der Waals surface area contributed by atoms with E-state index in [2.05, 4.69) is 27.9 Å². The van der Waals surface area contributed by atoms with Crippen molar-refractivity contribution >= 4 is 50.1 Å². The fraction of sp³-hybridized carbons (Fsp3) is 0.462. The normalized spacial score (nSPS) is 17.7. The molecule has 1 heterocycles. The van der Waals surface area contributed by atoms with E-state index in [1.807, 2.05) is 0 Å². The van der Waals surface area contributed by atoms with Gasteiger partial charge < -0.3 is 5.32 Å². The SMILES string of the molecule is CS(=O)(=O)N1CCC(NC(=O)c2ccc(I)c(Cl)c2)CC1. The summed E-state index contributed by atoms with van der Waals surface area (Å²) in [7, 11) is -3.14. The molecule has 21 heavy (non-hydrogen) atoms. The molecule has 0 spiro atoms. The first-order valence-corrected chi connectivity index (χ1v) is 9.79. The van der Waals surface area contributed by atoms with Gasteiger partial charge in [0.2, 0.25) is 10.0 Å². The maximum absolute atomic E-state index is 12.2. The zero-order valence-corrected chi connectivity index (χ0v) is 15.2. The molecule has 8 heteroatoms. The second-order valence-electron chi connectivity index (χ2n) is 5.04. The van der Waals surface area contributed by atoms with Crippen LogP contribution in [0.1, 0.15) is 23.2 Å². The first kappa shape index (κ1) is 17.0. The predicted molar refractivity (Wildman–Crippen MR) is 91.1 cm³/mol. The standard InChI is InChI=1S/C13H16ClIN2O3S/c1-21(19,20)17-6-4-10(5-7-17)16-13(18)9-2-3-12(15)11(14)8-9/h2-3,8,10H,4-7H2,1H3,(H,16,18). The van der Waals surface area contributed by atoms with Crippen LogP contribution in [0, 0.1) is 3.57 Å². The molecule has 0 unspecified atom stereocenters. The van der Waals surface area contributed by atoms with Crippen LogP contribution in [0.15, 0.2) is 18.2 Å². The van der Waals surface area contributed by atoms with Crippen molar-refractivity contribution < 1.29 is 13.2 Å². The van der Waals surface area contributed by atoms with Crippen LogP contribution in [0.5, 0.6) is 0 Å². The minimum absolute atomic E-state index is 0.00597. The summed E-state index contributed by atoms with van der Waals surface area (Å²) >= 11 is 8.11. The lowest BCUT2D eigenvalue weighted by Crippen LogP contribution is -2.46. The van der Waals surface area contributed by atoms with E-state index < -0.39 is 10.0 Å². The summed E-state index contributed by atoms with van der Waals surface area (Å²) in [6.45, 7) is 0.883. The Morgan fingerprint density at radius 2 is 2.00 bits per heavy atom. The number of hydrogen-bond donors (Lipinski definition) is 1. The van der Waals surface area contributed by atoms with Crippen molar-refractivity contribution in [3.05, 3.63) is 32.4 Å². The Morgan fingerprint density at radius 3 is 2.52 bits per heavy atom. The average molecular weight is 443 g/mol. The highest BCUT2D eigenvalue weighted by Crippen LogP contribution is 2.20. The monoisotopic (exact) mass is 442 g/mol. The number of nitrogens with one attached hydrogen (secondary N) is 1. The fourth-order valence-corrected chi connectivity index (χ4v) is 3.63. The van der Waals surface area contributed by atoms with E-state index in [0.717, 1.165) is 3.57 Å². The van der Waals surface area contributed by atoms with Crippen LogP contribution in [0.3, 0.4) is 0 Å². The van der Waals surface area contributed by atoms with Gasteiger partial charge in [-0.1, -0.05) is 11.6 Å². The van der Waals surface area contributed by atoms with Gasteiger partial charge in [-0.25, -0.2) is 12.7 Å². The number of hydrogen-bond acceptors (Lipinski definition) is 3. The van der Waals surface area contributed by atoms with E-state index in [1.165, 1.54) is 10.6 Å². The van der Waals surface area contributed by atoms with Crippen molar-refractivity contribution in [2.24, 2.45) is 0 Å². The molecule has 1 aromatic carbocycles. The van der Waals surface area contributed by atoms with E-state index in [4.69, 9.17) is 11.6 Å². The van der Waals surface area contributed by atoms with Gasteiger partial charge in [0.25, 0.3) is 5.91 Å². The molecule has 1 N–H and O–H groups in total. The van der Waals surface area contributed by atoms with Crippen molar-refractivity contribution in [2.75, 3.05) is 19.3 Å². The molecular formula is C13H16ClIN2O3S. The number of carbonyl (C=O) groups is 1. The molecule has 1 amide bonds. The van der Waals surface area contributed by atoms with E-state index >= 15 is 0 Å². The molecule has 1 aliphatic rings. The highest BCUT2D eigenvalue weighted by molar-refractivity contribution is 14.1. The molecule has 0 aromatic heterocycles. The Hall–Kier alpha value is -0.380. The molecule has 1 saturated heterocycles. The van der Waals surface area contributed by atoms with Gasteiger partial charge in [0.05, 0.1) is 11.3 Å². The maximum atomic E-state index is 12.2. The van der Waals surface area contributed by atoms with Gasteiger partial charge in [0, 0.05) is 28.3 Å². The summed E-state index contributed by atoms with van der Waals surface area (Å²) < 4.78 is 25.2. The van der Waals surface area contributed by atoms with Crippen molar-refractivity contribution in [3.8, 4) is 0 Å². The summed E-state index contributed by atoms with van der Waals surface area (Å²) in [5.74, 6) is -0.175. The molecule has 1 fully saturated rings. The van der Waals surface area contributed by atoms with E-state index in [-0.39, 0.29) is 11.9 Å². The Kier molecular flexibility index (Phi) is 5.50. The quantitative estimate of drug-likeness (QED) is 0.729. The van der Waals surface area contributed by atoms with Gasteiger partial charge in [-0.3, -0.25) is 4.79 Å². The van der Waals surface area contributed by atoms with Gasteiger partial charge in [-0.2, -0.15) is 0 Å². The topological polar surface area (TPSA) is 66.5 Å². The summed E-state index contributed by atoms with van der Waals surface area (Å²) in [5.41, 5.74) is 0.519. The van der Waals surface area contributed by atoms with Crippen LogP contribution in [0.25, 0.3) is 0 Å². The van der Waals surface area contributed by atoms with Gasteiger partial charge in [-0.15, -0.1) is 0 Å². The second kappa shape index (κ2) is 6.80. The lowest BCUT2D eigenvalue weighted by atomic mass is 10.1. The minimum Gasteiger partial charge on any atom is -0.349 e. The number of carbonyl (C=O) groups excluding carboxylic acids is 1. The summed E-state index contributed by atoms with van der Waals surface area (Å²) in [6, 6.07) is 5.16. The number of amides is 1. The van der Waals surface area contributed by atoms with Gasteiger partial charge in [0.1, 0.15) is 0 Å². The zero-order chi connectivity index (χ0) is 15.6. The van der Waals surface area contributed by atoms with E-state index in [0.29, 0.717) is 36.5 Å². The molecule has 0 aliphatic carbocycles. The highest BCUT2D eigenvalue weighted by atomic mass is 127. The third-order valence-electron chi connectivity index (χ3n) is 3.44. The maximum Gasteiger partial charge on any atom is 0.251 e. The third-order valence-corrected chi connectivity index (χ3v) is 6.32. The molecule has 1 aromatic rings. The molecular weight excluding hydrogens is 427 g/mol. The number of sulfonamides is 1. The molecule has 1 aliphatic heterocycles. The number of piperidine rings is 1. The van der Waals surface area contributed by atoms with Gasteiger partial charge >= 0.3 is 0 Å². The number of rotatable bonds is 3. The lowest BCUT2D eigenvalue weighted by Gasteiger charge is -2.30. The molecule has 0 radical (unpaired) electrons. The number of nitrogens with zero attached hydrogens (tertiary/aromatic N) is 1. The smallest absolute Gasteiger partial charge is 0.251 e. The lowest BCUT2D eigenvalue weighted by molar-refractivity contribution is 0.0924. The van der Waals surface area contributed by atoms with Gasteiger partial charge in [0.15, 0.2) is 0 Å². The van der Waals surface area contributed by atoms with Crippen molar-refractivity contribution in [1.82, 2.24) is 9.62 Å². The molecule has 116 valence electrons. The summed E-state index contributed by atoms with van der Waals surface area (Å²) in [5, 5.41) is 3.48. The highest BCUT2D eigenvalue weighted by Gasteiger charge is 2.25. The van der Waals surface area contributed by atoms with Crippen LogP contribution in [0.4, 0.5) is 0 Å². The Labute approximate surface area is 143 Å². The van der Waals surface area contributed by atoms with Crippen LogP contribution >= 0.6 is 34.2 Å². The first-order chi connectivity index (χ1) is 9.77. The van der Waals surface area contributed by atoms with Crippen molar-refractivity contribution in [1.29, 1.82) is 0 Å². The molecule has 0 bridgehead atoms. The summed E-state index contributed by atoms with van der Waals surface area (Å²) in [6.07, 6.45) is 2.45. The Balaban J connectivity index is 1.94. The average Bonchev–Trinajstić information content (AvgIpc) is 2.41. The molecule has 0 saturated carbocycles. The van der Waals surface area contributed by atoms with E-state index in [1.54, 1.807) is 18.2 Å². The van der Waals surface area contributed by atoms with Crippen LogP contribution in [-0.4, -0.2) is 44.0 Å². The van der Waals surface area contributed by atoms with Crippen LogP contribution in [-0.2, 0) is 10.0 Å². The fourth-order valence-electron chi connectivity index (χ4n) is 2.24. The van der Waals surface area contributed by atoms with Gasteiger partial charge in [-0.05, 0) is 53.6 Å².